The minimum atomic E-state index is -6.09. The first-order valence-electron chi connectivity index (χ1n) is 10.8. The zero-order chi connectivity index (χ0) is 31.2. The maximum atomic E-state index is 10.7. The van der Waals surface area contributed by atoms with Crippen molar-refractivity contribution in [3.8, 4) is 11.5 Å². The molecule has 2 atom stereocenters. The number of rotatable bonds is 6. The van der Waals surface area contributed by atoms with Crippen molar-refractivity contribution < 1.29 is 104 Å². The molecule has 0 aromatic heterocycles. The number of fused-ring (bicyclic) bond motifs is 2. The van der Waals surface area contributed by atoms with Gasteiger partial charge in [-0.3, -0.25) is 0 Å². The van der Waals surface area contributed by atoms with Crippen molar-refractivity contribution in [3.05, 3.63) is 75.0 Å². The number of ether oxygens (including phenoxy) is 2. The first-order valence-corrected chi connectivity index (χ1v) is 17.9. The minimum absolute atomic E-state index is 0.0835. The standard InChI is InChI=1S/C21H20I2O2.2CHF3O3S/c1-24-18-9-5-16(6-10-18)22-20-14-3-4-15(13-14)21(20)23-17-7-11-19(25-2)12-8-17;2*2-1(3,4)8(5,6)7/h3-12,14-15H,13H2,1-2H3;2*(H,5,6,7)/q+2;;/p-2. The highest BCUT2D eigenvalue weighted by Crippen LogP contribution is 2.36. The predicted molar refractivity (Wildman–Crippen MR) is 123 cm³/mol. The summed E-state index contributed by atoms with van der Waals surface area (Å²) >= 11 is -0.167. The van der Waals surface area contributed by atoms with Crippen molar-refractivity contribution in [1.29, 1.82) is 0 Å². The Morgan fingerprint density at radius 2 is 0.927 bits per heavy atom. The highest BCUT2D eigenvalue weighted by molar-refractivity contribution is 7.86. The second-order valence-corrected chi connectivity index (χ2v) is 16.5. The van der Waals surface area contributed by atoms with Crippen LogP contribution in [0.3, 0.4) is 0 Å². The second-order valence-electron chi connectivity index (χ2n) is 7.83. The predicted octanol–water partition coefficient (Wildman–Crippen LogP) is -1.56. The van der Waals surface area contributed by atoms with Gasteiger partial charge < -0.3 is 18.6 Å². The third kappa shape index (κ3) is 10.6. The molecule has 4 rings (SSSR count). The molecule has 0 spiro atoms. The van der Waals surface area contributed by atoms with Gasteiger partial charge in [0.05, 0.1) is 26.1 Å². The first-order chi connectivity index (χ1) is 18.8. The van der Waals surface area contributed by atoms with Crippen LogP contribution in [-0.2, 0) is 20.2 Å². The SMILES string of the molecule is COc1ccc([I+]C2=C([I+]c3ccc(OC)cc3)C3C=CC2C3)cc1.O=S(=O)([O-])C(F)(F)F.O=S(=O)([O-])C(F)(F)F. The summed E-state index contributed by atoms with van der Waals surface area (Å²) in [5.41, 5.74) is -11.3. The zero-order valence-corrected chi connectivity index (χ0v) is 26.7. The Kier molecular flexibility index (Phi) is 12.4. The summed E-state index contributed by atoms with van der Waals surface area (Å²) in [5.74, 6) is 3.29. The third-order valence-electron chi connectivity index (χ3n) is 5.05. The van der Waals surface area contributed by atoms with E-state index >= 15 is 0 Å². The van der Waals surface area contributed by atoms with Crippen molar-refractivity contribution >= 4 is 20.2 Å². The Morgan fingerprint density at radius 3 is 1.15 bits per heavy atom. The second kappa shape index (κ2) is 14.2. The Morgan fingerprint density at radius 1 is 0.659 bits per heavy atom. The number of allylic oxidation sites excluding steroid dienone is 4. The fourth-order valence-electron chi connectivity index (χ4n) is 3.16. The van der Waals surface area contributed by atoms with E-state index in [1.54, 1.807) is 21.4 Å². The van der Waals surface area contributed by atoms with E-state index < -0.39 is 31.3 Å². The molecule has 0 amide bonds. The van der Waals surface area contributed by atoms with Crippen LogP contribution < -0.4 is 51.9 Å². The number of hydrogen-bond acceptors (Lipinski definition) is 8. The van der Waals surface area contributed by atoms with Gasteiger partial charge in [-0.15, -0.1) is 0 Å². The number of benzene rings is 2. The molecule has 8 nitrogen and oxygen atoms in total. The van der Waals surface area contributed by atoms with E-state index in [0.29, 0.717) is 11.8 Å². The highest BCUT2D eigenvalue weighted by atomic mass is 127. The molecule has 41 heavy (non-hydrogen) atoms. The summed E-state index contributed by atoms with van der Waals surface area (Å²) in [6.45, 7) is 0. The lowest BCUT2D eigenvalue weighted by Crippen LogP contribution is -3.66. The summed E-state index contributed by atoms with van der Waals surface area (Å²) < 4.78 is 135. The Balaban J connectivity index is 0.000000304. The largest absolute Gasteiger partial charge is 0.741 e. The van der Waals surface area contributed by atoms with Gasteiger partial charge in [-0.1, -0.05) is 12.2 Å². The van der Waals surface area contributed by atoms with Crippen molar-refractivity contribution in [2.75, 3.05) is 14.2 Å². The van der Waals surface area contributed by atoms with Gasteiger partial charge in [0.15, 0.2) is 27.4 Å². The topological polar surface area (TPSA) is 133 Å². The van der Waals surface area contributed by atoms with Crippen LogP contribution in [0.15, 0.2) is 67.8 Å². The van der Waals surface area contributed by atoms with E-state index in [1.165, 1.54) is 13.6 Å². The Labute approximate surface area is 252 Å². The summed E-state index contributed by atoms with van der Waals surface area (Å²) in [4.78, 5) is 0. The van der Waals surface area contributed by atoms with Crippen molar-refractivity contribution in [2.45, 2.75) is 17.4 Å². The number of halogens is 8. The summed E-state index contributed by atoms with van der Waals surface area (Å²) in [6, 6.07) is 17.4. The molecule has 18 heteroatoms. The van der Waals surface area contributed by atoms with E-state index in [9.17, 15) is 26.3 Å². The van der Waals surface area contributed by atoms with E-state index in [0.717, 1.165) is 11.5 Å². The van der Waals surface area contributed by atoms with E-state index in [1.807, 2.05) is 0 Å². The summed E-state index contributed by atoms with van der Waals surface area (Å²) in [5, 5.41) is 0. The van der Waals surface area contributed by atoms with E-state index in [4.69, 9.17) is 35.4 Å². The van der Waals surface area contributed by atoms with Gasteiger partial charge in [-0.05, 0) is 55.0 Å². The van der Waals surface area contributed by atoms with Gasteiger partial charge in [-0.2, -0.15) is 26.3 Å². The lowest BCUT2D eigenvalue weighted by molar-refractivity contribution is -0.622. The summed E-state index contributed by atoms with van der Waals surface area (Å²) in [6.07, 6.45) is 6.21. The van der Waals surface area contributed by atoms with E-state index in [2.05, 4.69) is 60.7 Å². The molecule has 0 fully saturated rings. The van der Waals surface area contributed by atoms with Crippen LogP contribution in [0.25, 0.3) is 0 Å². The van der Waals surface area contributed by atoms with Crippen LogP contribution in [-0.4, -0.2) is 51.2 Å². The van der Waals surface area contributed by atoms with Gasteiger partial charge in [0.25, 0.3) is 0 Å². The molecule has 2 aromatic rings. The van der Waals surface area contributed by atoms with Crippen LogP contribution in [0, 0.1) is 19.0 Å². The molecule has 0 radical (unpaired) electrons. The van der Waals surface area contributed by atoms with Gasteiger partial charge in [0.1, 0.15) is 11.5 Å². The monoisotopic (exact) mass is 856 g/mol. The number of hydrogen-bond donors (Lipinski definition) is 0. The number of methoxy groups -OCH3 is 2. The first kappa shape index (κ1) is 35.6. The zero-order valence-electron chi connectivity index (χ0n) is 20.7. The van der Waals surface area contributed by atoms with Crippen LogP contribution >= 0.6 is 0 Å². The molecule has 2 unspecified atom stereocenters. The molecule has 2 bridgehead atoms. The lowest BCUT2D eigenvalue weighted by atomic mass is 10.2. The average Bonchev–Trinajstić information content (AvgIpc) is 3.46. The van der Waals surface area contributed by atoms with Gasteiger partial charge in [-0.25, -0.2) is 16.8 Å². The van der Waals surface area contributed by atoms with Gasteiger partial charge in [0.2, 0.25) is 7.16 Å². The lowest BCUT2D eigenvalue weighted by Gasteiger charge is -2.08. The van der Waals surface area contributed by atoms with Gasteiger partial charge >= 0.3 is 53.4 Å². The maximum Gasteiger partial charge on any atom is 0.485 e. The highest BCUT2D eigenvalue weighted by Gasteiger charge is 2.50. The molecule has 228 valence electrons. The average molecular weight is 856 g/mol. The van der Waals surface area contributed by atoms with Crippen molar-refractivity contribution in [3.63, 3.8) is 0 Å². The molecular formula is C23H20F6I2O8S2. The van der Waals surface area contributed by atoms with Gasteiger partial charge in [0, 0.05) is 0 Å². The fourth-order valence-corrected chi connectivity index (χ4v) is 10.3. The molecule has 0 aliphatic heterocycles. The van der Waals surface area contributed by atoms with Crippen LogP contribution in [0.4, 0.5) is 26.3 Å². The van der Waals surface area contributed by atoms with Crippen LogP contribution in [0.5, 0.6) is 11.5 Å². The maximum absolute atomic E-state index is 10.7. The Hall–Kier alpha value is -1.62. The molecular weight excluding hydrogens is 836 g/mol. The molecule has 0 saturated carbocycles. The third-order valence-corrected chi connectivity index (χ3v) is 13.8. The Bertz CT molecular complexity index is 1350. The van der Waals surface area contributed by atoms with Crippen LogP contribution in [0.2, 0.25) is 0 Å². The minimum Gasteiger partial charge on any atom is -0.741 e. The van der Waals surface area contributed by atoms with Crippen LogP contribution in [0.1, 0.15) is 6.42 Å². The smallest absolute Gasteiger partial charge is 0.485 e. The van der Waals surface area contributed by atoms with Crippen molar-refractivity contribution in [1.82, 2.24) is 0 Å². The molecule has 2 aliphatic rings. The molecule has 0 saturated heterocycles. The molecule has 2 aliphatic carbocycles. The molecule has 2 aromatic carbocycles. The quantitative estimate of drug-likeness (QED) is 0.112. The molecule has 0 N–H and O–H groups in total. The molecule has 0 heterocycles. The summed E-state index contributed by atoms with van der Waals surface area (Å²) in [7, 11) is -8.73. The normalized spacial score (nSPS) is 18.3. The van der Waals surface area contributed by atoms with Crippen molar-refractivity contribution in [2.24, 2.45) is 11.8 Å². The number of alkyl halides is 6. The fraction of sp³-hybridized carbons (Fsp3) is 0.304. The van der Waals surface area contributed by atoms with E-state index in [-0.39, 0.29) is 42.4 Å².